The summed E-state index contributed by atoms with van der Waals surface area (Å²) < 4.78 is 52.5. The minimum absolute atomic E-state index is 0.0485. The zero-order valence-corrected chi connectivity index (χ0v) is 26.7. The van der Waals surface area contributed by atoms with E-state index in [0.717, 1.165) is 30.6 Å². The minimum atomic E-state index is -5.04. The standard InChI is InChI=1S/C35H44F3N3O5/c1-33(2)16-26-17-34(3,20-33)21-40(26)18-27-15-29(23-11-9-22(19-42)10-12-23)46-31(45-27)24-6-4-7-25(14-24)39-30(43)28-8-5-13-41(28)32(44)35(36,37)38/h4,6-7,9-12,14,26-29,31,42H,5,8,13,15-21H2,1-3H3,(H,39,43)/t26?,27-,28+,29+,31+,34?/m1/s1. The highest BCUT2D eigenvalue weighted by Crippen LogP contribution is 2.53. The molecule has 2 unspecified atom stereocenters. The Hall–Kier alpha value is -2.99. The van der Waals surface area contributed by atoms with Crippen molar-refractivity contribution < 1.29 is 37.3 Å². The summed E-state index contributed by atoms with van der Waals surface area (Å²) in [5.41, 5.74) is 3.41. The number of aliphatic hydroxyl groups is 1. The second-order valence-corrected chi connectivity index (χ2v) is 14.8. The highest BCUT2D eigenvalue weighted by molar-refractivity contribution is 5.98. The summed E-state index contributed by atoms with van der Waals surface area (Å²) in [7, 11) is 0. The molecule has 0 aromatic heterocycles. The zero-order chi connectivity index (χ0) is 32.9. The third-order valence-electron chi connectivity index (χ3n) is 10.1. The fourth-order valence-corrected chi connectivity index (χ4v) is 8.52. The second-order valence-electron chi connectivity index (χ2n) is 14.8. The van der Waals surface area contributed by atoms with E-state index >= 15 is 0 Å². The van der Waals surface area contributed by atoms with Crippen LogP contribution in [0.1, 0.15) is 88.4 Å². The molecule has 4 fully saturated rings. The number of amides is 2. The Morgan fingerprint density at radius 2 is 1.80 bits per heavy atom. The molecule has 0 radical (unpaired) electrons. The van der Waals surface area contributed by atoms with E-state index in [9.17, 15) is 27.9 Å². The Morgan fingerprint density at radius 3 is 2.52 bits per heavy atom. The maximum atomic E-state index is 13.1. The van der Waals surface area contributed by atoms with Crippen molar-refractivity contribution in [2.75, 3.05) is 25.0 Å². The van der Waals surface area contributed by atoms with Crippen molar-refractivity contribution in [2.24, 2.45) is 10.8 Å². The number of ether oxygens (including phenoxy) is 2. The van der Waals surface area contributed by atoms with E-state index in [2.05, 4.69) is 31.0 Å². The van der Waals surface area contributed by atoms with Crippen molar-refractivity contribution in [3.63, 3.8) is 0 Å². The highest BCUT2D eigenvalue weighted by Gasteiger charge is 2.50. The second kappa shape index (κ2) is 12.6. The Labute approximate surface area is 268 Å². The van der Waals surface area contributed by atoms with Gasteiger partial charge < -0.3 is 24.8 Å². The number of likely N-dealkylation sites (tertiary alicyclic amines) is 2. The van der Waals surface area contributed by atoms with Gasteiger partial charge in [0.15, 0.2) is 6.29 Å². The van der Waals surface area contributed by atoms with Crippen LogP contribution in [0.3, 0.4) is 0 Å². The number of nitrogens with one attached hydrogen (secondary N) is 1. The number of fused-ring (bicyclic) bond motifs is 2. The first-order chi connectivity index (χ1) is 21.7. The van der Waals surface area contributed by atoms with Gasteiger partial charge in [0.1, 0.15) is 6.04 Å². The number of alkyl halides is 3. The number of nitrogens with zero attached hydrogens (tertiary/aromatic N) is 2. The van der Waals surface area contributed by atoms with E-state index < -0.39 is 30.3 Å². The summed E-state index contributed by atoms with van der Waals surface area (Å²) in [6.07, 6.45) is -1.53. The first-order valence-electron chi connectivity index (χ1n) is 16.3. The first kappa shape index (κ1) is 32.9. The molecule has 3 heterocycles. The molecule has 8 nitrogen and oxygen atoms in total. The van der Waals surface area contributed by atoms with Crippen LogP contribution in [0.5, 0.6) is 0 Å². The SMILES string of the molecule is CC1(C)CC2CC(C)(CN2C[C@H]2C[C@@H](c3ccc(CO)cc3)O[C@@H](c3cccc(NC(=O)[C@@H]4CCCN4C(=O)C(F)(F)F)c3)O2)C1. The van der Waals surface area contributed by atoms with Crippen molar-refractivity contribution >= 4 is 17.5 Å². The molecule has 2 amide bonds. The Bertz CT molecular complexity index is 1430. The number of halogens is 3. The number of aliphatic hydroxyl groups excluding tert-OH is 1. The van der Waals surface area contributed by atoms with Crippen molar-refractivity contribution in [2.45, 2.75) is 103 Å². The van der Waals surface area contributed by atoms with Gasteiger partial charge in [-0.25, -0.2) is 0 Å². The Balaban J connectivity index is 1.20. The Kier molecular flexibility index (Phi) is 8.99. The molecule has 2 N–H and O–H groups in total. The van der Waals surface area contributed by atoms with Crippen molar-refractivity contribution in [3.8, 4) is 0 Å². The normalized spacial score (nSPS) is 31.2. The molecule has 3 saturated heterocycles. The number of carbonyl (C=O) groups excluding carboxylic acids is 2. The Morgan fingerprint density at radius 1 is 1.04 bits per heavy atom. The number of rotatable bonds is 7. The third kappa shape index (κ3) is 7.12. The quantitative estimate of drug-likeness (QED) is 0.378. The fourth-order valence-electron chi connectivity index (χ4n) is 8.52. The van der Waals surface area contributed by atoms with Crippen molar-refractivity contribution in [1.82, 2.24) is 9.80 Å². The van der Waals surface area contributed by atoms with Crippen LogP contribution < -0.4 is 5.32 Å². The monoisotopic (exact) mass is 643 g/mol. The van der Waals surface area contributed by atoms with Crippen LogP contribution in [0.2, 0.25) is 0 Å². The minimum Gasteiger partial charge on any atom is -0.392 e. The fraction of sp³-hybridized carbons (Fsp3) is 0.600. The van der Waals surface area contributed by atoms with E-state index in [1.54, 1.807) is 18.2 Å². The molecule has 2 bridgehead atoms. The van der Waals surface area contributed by atoms with E-state index in [1.807, 2.05) is 30.3 Å². The number of hydrogen-bond donors (Lipinski definition) is 2. The van der Waals surface area contributed by atoms with Gasteiger partial charge in [-0.05, 0) is 66.2 Å². The molecule has 2 aromatic rings. The largest absolute Gasteiger partial charge is 0.471 e. The molecular formula is C35H44F3N3O5. The van der Waals surface area contributed by atoms with Gasteiger partial charge in [0.05, 0.1) is 18.8 Å². The molecule has 250 valence electrons. The number of carbonyl (C=O) groups is 2. The lowest BCUT2D eigenvalue weighted by atomic mass is 9.65. The van der Waals surface area contributed by atoms with Gasteiger partial charge >= 0.3 is 12.1 Å². The van der Waals surface area contributed by atoms with E-state index in [1.165, 1.54) is 12.8 Å². The number of hydrogen-bond acceptors (Lipinski definition) is 6. The topological polar surface area (TPSA) is 91.3 Å². The van der Waals surface area contributed by atoms with Crippen LogP contribution in [-0.2, 0) is 25.7 Å². The van der Waals surface area contributed by atoms with Gasteiger partial charge in [-0.2, -0.15) is 13.2 Å². The lowest BCUT2D eigenvalue weighted by Gasteiger charge is -2.41. The van der Waals surface area contributed by atoms with Gasteiger partial charge in [0.2, 0.25) is 5.91 Å². The summed E-state index contributed by atoms with van der Waals surface area (Å²) in [5, 5.41) is 12.3. The van der Waals surface area contributed by atoms with Gasteiger partial charge in [0, 0.05) is 43.3 Å². The molecule has 3 aliphatic heterocycles. The van der Waals surface area contributed by atoms with E-state index in [0.29, 0.717) is 40.4 Å². The molecule has 1 aliphatic carbocycles. The third-order valence-corrected chi connectivity index (χ3v) is 10.1. The lowest BCUT2D eigenvalue weighted by molar-refractivity contribution is -0.253. The predicted octanol–water partition coefficient (Wildman–Crippen LogP) is 6.12. The summed E-state index contributed by atoms with van der Waals surface area (Å²) in [4.78, 5) is 28.2. The molecule has 11 heteroatoms. The highest BCUT2D eigenvalue weighted by atomic mass is 19.4. The molecule has 4 aliphatic rings. The van der Waals surface area contributed by atoms with Crippen LogP contribution in [0.25, 0.3) is 0 Å². The van der Waals surface area contributed by atoms with Gasteiger partial charge in [-0.3, -0.25) is 14.5 Å². The average Bonchev–Trinajstić information content (AvgIpc) is 3.57. The van der Waals surface area contributed by atoms with Crippen LogP contribution in [-0.4, -0.2) is 70.7 Å². The van der Waals surface area contributed by atoms with Gasteiger partial charge in [0.25, 0.3) is 0 Å². The summed E-state index contributed by atoms with van der Waals surface area (Å²) >= 11 is 0. The van der Waals surface area contributed by atoms with Crippen LogP contribution in [0.4, 0.5) is 18.9 Å². The molecule has 46 heavy (non-hydrogen) atoms. The average molecular weight is 644 g/mol. The molecule has 6 atom stereocenters. The summed E-state index contributed by atoms with van der Waals surface area (Å²) in [5.74, 6) is -2.65. The maximum absolute atomic E-state index is 13.1. The number of anilines is 1. The van der Waals surface area contributed by atoms with Crippen LogP contribution >= 0.6 is 0 Å². The smallest absolute Gasteiger partial charge is 0.392 e. The summed E-state index contributed by atoms with van der Waals surface area (Å²) in [6.45, 7) is 8.74. The zero-order valence-electron chi connectivity index (χ0n) is 26.7. The van der Waals surface area contributed by atoms with Crippen LogP contribution in [0.15, 0.2) is 48.5 Å². The van der Waals surface area contributed by atoms with Crippen LogP contribution in [0, 0.1) is 10.8 Å². The first-order valence-corrected chi connectivity index (χ1v) is 16.3. The van der Waals surface area contributed by atoms with Gasteiger partial charge in [-0.1, -0.05) is 57.2 Å². The maximum Gasteiger partial charge on any atom is 0.471 e. The van der Waals surface area contributed by atoms with E-state index in [-0.39, 0.29) is 37.2 Å². The summed E-state index contributed by atoms with van der Waals surface area (Å²) in [6, 6.07) is 14.0. The predicted molar refractivity (Wildman–Crippen MR) is 165 cm³/mol. The molecule has 6 rings (SSSR count). The molecule has 1 saturated carbocycles. The number of benzene rings is 2. The lowest BCUT2D eigenvalue weighted by Crippen LogP contribution is -2.48. The van der Waals surface area contributed by atoms with Gasteiger partial charge in [-0.15, -0.1) is 0 Å². The van der Waals surface area contributed by atoms with Crippen molar-refractivity contribution in [3.05, 3.63) is 65.2 Å². The molecule has 0 spiro atoms. The molecule has 2 aromatic carbocycles. The van der Waals surface area contributed by atoms with E-state index in [4.69, 9.17) is 9.47 Å². The molecular weight excluding hydrogens is 599 g/mol. The van der Waals surface area contributed by atoms with Crippen molar-refractivity contribution in [1.29, 1.82) is 0 Å².